The van der Waals surface area contributed by atoms with Crippen LogP contribution >= 0.6 is 24.0 Å². The number of benzene rings is 1. The number of nitrogens with one attached hydrogen (secondary N) is 1. The molecule has 0 bridgehead atoms. The molecule has 2 aromatic rings. The fourth-order valence-corrected chi connectivity index (χ4v) is 4.14. The summed E-state index contributed by atoms with van der Waals surface area (Å²) in [5.41, 5.74) is 3.75. The lowest BCUT2D eigenvalue weighted by atomic mass is 10.00. The minimum Gasteiger partial charge on any atom is -0.357 e. The van der Waals surface area contributed by atoms with Gasteiger partial charge in [-0.1, -0.05) is 24.3 Å². The molecule has 0 aliphatic carbocycles. The van der Waals surface area contributed by atoms with Crippen molar-refractivity contribution in [2.75, 3.05) is 50.7 Å². The Morgan fingerprint density at radius 3 is 2.68 bits per heavy atom. The summed E-state index contributed by atoms with van der Waals surface area (Å²) in [5, 5.41) is 7.53. The van der Waals surface area contributed by atoms with Crippen molar-refractivity contribution in [2.24, 2.45) is 12.0 Å². The lowest BCUT2D eigenvalue weighted by molar-refractivity contribution is -0.120. The van der Waals surface area contributed by atoms with Gasteiger partial charge < -0.3 is 15.1 Å². The second-order valence-corrected chi connectivity index (χ2v) is 7.87. The molecule has 0 saturated carbocycles. The summed E-state index contributed by atoms with van der Waals surface area (Å²) in [5.74, 6) is 0.904. The number of guanidine groups is 1. The zero-order chi connectivity index (χ0) is 20.9. The van der Waals surface area contributed by atoms with Crippen LogP contribution in [0.25, 0.3) is 0 Å². The first kappa shape index (κ1) is 23.5. The molecule has 0 radical (unpaired) electrons. The van der Waals surface area contributed by atoms with E-state index in [0.29, 0.717) is 13.1 Å². The van der Waals surface area contributed by atoms with Gasteiger partial charge in [-0.2, -0.15) is 5.10 Å². The van der Waals surface area contributed by atoms with Gasteiger partial charge in [-0.3, -0.25) is 19.4 Å². The number of halogens is 1. The lowest BCUT2D eigenvalue weighted by Gasteiger charge is -2.35. The molecule has 9 heteroatoms. The molecule has 4 rings (SSSR count). The molecule has 1 aromatic carbocycles. The van der Waals surface area contributed by atoms with E-state index in [9.17, 15) is 4.79 Å². The fourth-order valence-electron chi connectivity index (χ4n) is 4.14. The predicted octanol–water partition coefficient (Wildman–Crippen LogP) is 1.71. The summed E-state index contributed by atoms with van der Waals surface area (Å²) in [6.07, 6.45) is 4.72. The number of aromatic nitrogens is 2. The Hall–Kier alpha value is -2.14. The van der Waals surface area contributed by atoms with Crippen molar-refractivity contribution >= 4 is 41.5 Å². The topological polar surface area (TPSA) is 69.0 Å². The molecule has 0 spiro atoms. The summed E-state index contributed by atoms with van der Waals surface area (Å²) in [4.78, 5) is 23.9. The van der Waals surface area contributed by atoms with E-state index in [1.165, 1.54) is 11.1 Å². The van der Waals surface area contributed by atoms with E-state index < -0.39 is 0 Å². The minimum absolute atomic E-state index is 0. The molecule has 0 unspecified atom stereocenters. The van der Waals surface area contributed by atoms with Crippen molar-refractivity contribution in [3.63, 3.8) is 0 Å². The fraction of sp³-hybridized carbons (Fsp3) is 0.500. The predicted molar refractivity (Wildman–Crippen MR) is 134 cm³/mol. The summed E-state index contributed by atoms with van der Waals surface area (Å²) in [6, 6.07) is 8.70. The Labute approximate surface area is 201 Å². The second-order valence-electron chi connectivity index (χ2n) is 7.87. The standard InChI is InChI=1S/C22H31N7O.HI/c1-3-23-22(24-9-11-27-10-8-18-6-4-5-7-19(18)15-27)28-12-13-29(21(30)17-28)20-14-25-26(2)16-20;/h4-7,14,16H,3,8-13,15,17H2,1-2H3,(H,23,24);1H. The Morgan fingerprint density at radius 2 is 1.97 bits per heavy atom. The first-order chi connectivity index (χ1) is 14.6. The molecule has 1 N–H and O–H groups in total. The smallest absolute Gasteiger partial charge is 0.246 e. The van der Waals surface area contributed by atoms with Crippen LogP contribution in [-0.4, -0.2) is 77.3 Å². The van der Waals surface area contributed by atoms with Gasteiger partial charge in [0.15, 0.2) is 5.96 Å². The highest BCUT2D eigenvalue weighted by atomic mass is 127. The zero-order valence-corrected chi connectivity index (χ0v) is 20.7. The van der Waals surface area contributed by atoms with Crippen LogP contribution in [0.5, 0.6) is 0 Å². The van der Waals surface area contributed by atoms with Crippen LogP contribution in [0.15, 0.2) is 41.7 Å². The van der Waals surface area contributed by atoms with Gasteiger partial charge in [-0.25, -0.2) is 0 Å². The van der Waals surface area contributed by atoms with E-state index in [-0.39, 0.29) is 29.9 Å². The van der Waals surface area contributed by atoms with Crippen molar-refractivity contribution < 1.29 is 4.79 Å². The van der Waals surface area contributed by atoms with E-state index in [0.717, 1.165) is 57.3 Å². The molecule has 31 heavy (non-hydrogen) atoms. The average Bonchev–Trinajstić information content (AvgIpc) is 3.19. The number of hydrogen-bond donors (Lipinski definition) is 1. The molecule has 0 atom stereocenters. The summed E-state index contributed by atoms with van der Waals surface area (Å²) >= 11 is 0. The van der Waals surface area contributed by atoms with Crippen LogP contribution in [0.3, 0.4) is 0 Å². The highest BCUT2D eigenvalue weighted by Gasteiger charge is 2.27. The van der Waals surface area contributed by atoms with E-state index in [1.54, 1.807) is 15.8 Å². The Morgan fingerprint density at radius 1 is 1.16 bits per heavy atom. The minimum atomic E-state index is 0. The monoisotopic (exact) mass is 537 g/mol. The first-order valence-electron chi connectivity index (χ1n) is 10.8. The maximum atomic E-state index is 12.7. The third kappa shape index (κ3) is 5.76. The molecule has 3 heterocycles. The normalized spacial score (nSPS) is 17.4. The number of piperazine rings is 1. The number of aryl methyl sites for hydroxylation is 1. The third-order valence-corrected chi connectivity index (χ3v) is 5.75. The molecule has 1 fully saturated rings. The van der Waals surface area contributed by atoms with Crippen molar-refractivity contribution in [3.8, 4) is 0 Å². The van der Waals surface area contributed by atoms with Gasteiger partial charge in [0.2, 0.25) is 5.91 Å². The number of amides is 1. The molecule has 2 aliphatic rings. The lowest BCUT2D eigenvalue weighted by Crippen LogP contribution is -2.55. The van der Waals surface area contributed by atoms with Gasteiger partial charge >= 0.3 is 0 Å². The third-order valence-electron chi connectivity index (χ3n) is 5.75. The number of carbonyl (C=O) groups excluding carboxylic acids is 1. The molecule has 1 amide bonds. The number of nitrogens with zero attached hydrogens (tertiary/aromatic N) is 6. The van der Waals surface area contributed by atoms with E-state index in [1.807, 2.05) is 13.2 Å². The Bertz CT molecular complexity index is 913. The SMILES string of the molecule is CCNC(=NCCN1CCc2ccccc2C1)N1CCN(c2cnn(C)c2)C(=O)C1.I. The summed E-state index contributed by atoms with van der Waals surface area (Å²) < 4.78 is 1.72. The summed E-state index contributed by atoms with van der Waals surface area (Å²) in [6.45, 7) is 8.28. The maximum Gasteiger partial charge on any atom is 0.246 e. The molecule has 2 aliphatic heterocycles. The number of fused-ring (bicyclic) bond motifs is 1. The van der Waals surface area contributed by atoms with Gasteiger partial charge in [-0.05, 0) is 24.5 Å². The number of anilines is 1. The van der Waals surface area contributed by atoms with Crippen LogP contribution < -0.4 is 10.2 Å². The Balaban J connectivity index is 0.00000272. The molecule has 1 saturated heterocycles. The number of hydrogen-bond acceptors (Lipinski definition) is 4. The quantitative estimate of drug-likeness (QED) is 0.358. The van der Waals surface area contributed by atoms with Gasteiger partial charge in [-0.15, -0.1) is 24.0 Å². The zero-order valence-electron chi connectivity index (χ0n) is 18.3. The van der Waals surface area contributed by atoms with Crippen molar-refractivity contribution in [2.45, 2.75) is 19.9 Å². The highest BCUT2D eigenvalue weighted by Crippen LogP contribution is 2.18. The molecule has 1 aromatic heterocycles. The van der Waals surface area contributed by atoms with Gasteiger partial charge in [0, 0.05) is 52.5 Å². The van der Waals surface area contributed by atoms with Crippen molar-refractivity contribution in [1.82, 2.24) is 24.9 Å². The number of rotatable bonds is 5. The first-order valence-corrected chi connectivity index (χ1v) is 10.8. The molecule has 8 nitrogen and oxygen atoms in total. The van der Waals surface area contributed by atoms with Gasteiger partial charge in [0.25, 0.3) is 0 Å². The number of carbonyl (C=O) groups is 1. The van der Waals surface area contributed by atoms with Gasteiger partial charge in [0.05, 0.1) is 18.4 Å². The maximum absolute atomic E-state index is 12.7. The van der Waals surface area contributed by atoms with Gasteiger partial charge in [0.1, 0.15) is 6.54 Å². The highest BCUT2D eigenvalue weighted by molar-refractivity contribution is 14.0. The van der Waals surface area contributed by atoms with Crippen molar-refractivity contribution in [3.05, 3.63) is 47.8 Å². The molecular weight excluding hydrogens is 505 g/mol. The summed E-state index contributed by atoms with van der Waals surface area (Å²) in [7, 11) is 1.86. The van der Waals surface area contributed by atoms with Crippen LogP contribution in [-0.2, 0) is 24.8 Å². The Kier molecular flexibility index (Phi) is 8.30. The van der Waals surface area contributed by atoms with E-state index in [2.05, 4.69) is 51.4 Å². The average molecular weight is 537 g/mol. The van der Waals surface area contributed by atoms with Crippen LogP contribution in [0.4, 0.5) is 5.69 Å². The van der Waals surface area contributed by atoms with Crippen molar-refractivity contribution in [1.29, 1.82) is 0 Å². The van der Waals surface area contributed by atoms with Crippen LogP contribution in [0, 0.1) is 0 Å². The largest absolute Gasteiger partial charge is 0.357 e. The van der Waals surface area contributed by atoms with E-state index in [4.69, 9.17) is 4.99 Å². The van der Waals surface area contributed by atoms with Crippen LogP contribution in [0.1, 0.15) is 18.1 Å². The van der Waals surface area contributed by atoms with E-state index >= 15 is 0 Å². The molecular formula is C22H32IN7O. The second kappa shape index (κ2) is 10.9. The van der Waals surface area contributed by atoms with Crippen LogP contribution in [0.2, 0.25) is 0 Å². The number of aliphatic imine (C=N–C) groups is 1. The molecule has 168 valence electrons.